The van der Waals surface area contributed by atoms with Crippen LogP contribution in [-0.2, 0) is 33.4 Å². The van der Waals surface area contributed by atoms with E-state index in [-0.39, 0.29) is 31.4 Å². The van der Waals surface area contributed by atoms with E-state index in [4.69, 9.17) is 14.2 Å². The summed E-state index contributed by atoms with van der Waals surface area (Å²) in [4.78, 5) is 62.2. The van der Waals surface area contributed by atoms with E-state index in [1.807, 2.05) is 49.4 Å². The van der Waals surface area contributed by atoms with E-state index in [0.29, 0.717) is 49.2 Å². The molecule has 3 fully saturated rings. The first-order valence-electron chi connectivity index (χ1n) is 17.0. The molecule has 1 spiro atoms. The van der Waals surface area contributed by atoms with Gasteiger partial charge in [-0.3, -0.25) is 24.1 Å². The molecule has 5 aliphatic heterocycles. The number of hydrogen-bond donors (Lipinski definition) is 2. The normalized spacial score (nSPS) is 34.5. The van der Waals surface area contributed by atoms with Crippen molar-refractivity contribution in [3.05, 3.63) is 58.6 Å². The monoisotopic (exact) mass is 728 g/mol. The maximum Gasteiger partial charge on any atom is 0.313 e. The summed E-state index contributed by atoms with van der Waals surface area (Å²) in [7, 11) is 0. The van der Waals surface area contributed by atoms with Crippen LogP contribution < -0.4 is 5.32 Å². The predicted octanol–water partition coefficient (Wildman–Crippen LogP) is 1.93. The lowest BCUT2D eigenvalue weighted by atomic mass is 9.74. The zero-order valence-corrected chi connectivity index (χ0v) is 29.0. The van der Waals surface area contributed by atoms with Gasteiger partial charge in [0, 0.05) is 43.6 Å². The fraction of sp³-hybridized carbons (Fsp3) is 0.600. The minimum Gasteiger partial charge on any atom is -0.455 e. The van der Waals surface area contributed by atoms with Crippen molar-refractivity contribution in [2.75, 3.05) is 52.5 Å². The molecule has 260 valence electrons. The Morgan fingerprint density at radius 2 is 1.79 bits per heavy atom. The van der Waals surface area contributed by atoms with Gasteiger partial charge in [-0.2, -0.15) is 0 Å². The van der Waals surface area contributed by atoms with Gasteiger partial charge < -0.3 is 34.4 Å². The first-order valence-corrected chi connectivity index (χ1v) is 17.8. The molecule has 12 nitrogen and oxygen atoms in total. The van der Waals surface area contributed by atoms with Crippen LogP contribution in [0.5, 0.6) is 0 Å². The van der Waals surface area contributed by atoms with E-state index in [9.17, 15) is 24.3 Å². The minimum atomic E-state index is -1.44. The van der Waals surface area contributed by atoms with Crippen LogP contribution >= 0.6 is 15.9 Å². The highest BCUT2D eigenvalue weighted by molar-refractivity contribution is 9.11. The third kappa shape index (κ3) is 6.47. The average molecular weight is 730 g/mol. The summed E-state index contributed by atoms with van der Waals surface area (Å²) in [5.74, 6) is -3.68. The number of aliphatic hydroxyl groups is 1. The highest BCUT2D eigenvalue weighted by Gasteiger charge is 2.75. The van der Waals surface area contributed by atoms with E-state index in [0.717, 1.165) is 13.1 Å². The number of carbonyl (C=O) groups excluding carboxylic acids is 4. The summed E-state index contributed by atoms with van der Waals surface area (Å²) in [6, 6.07) is 6.84. The van der Waals surface area contributed by atoms with Gasteiger partial charge in [-0.1, -0.05) is 65.3 Å². The quantitative estimate of drug-likeness (QED) is 0.319. The summed E-state index contributed by atoms with van der Waals surface area (Å²) in [5, 5.41) is 13.5. The lowest BCUT2D eigenvalue weighted by molar-refractivity contribution is -0.162. The molecule has 6 rings (SSSR count). The smallest absolute Gasteiger partial charge is 0.313 e. The zero-order valence-electron chi connectivity index (χ0n) is 27.5. The zero-order chi connectivity index (χ0) is 34.0. The molecule has 3 saturated heterocycles. The second-order valence-corrected chi connectivity index (χ2v) is 14.1. The van der Waals surface area contributed by atoms with Crippen LogP contribution in [0.3, 0.4) is 0 Å². The Labute approximate surface area is 289 Å². The second-order valence-electron chi connectivity index (χ2n) is 13.2. The van der Waals surface area contributed by atoms with Crippen LogP contribution in [-0.4, -0.2) is 126 Å². The Hall–Kier alpha value is -3.10. The number of aliphatic hydroxyl groups excluding tert-OH is 1. The fourth-order valence-electron chi connectivity index (χ4n) is 7.81. The Balaban J connectivity index is 1.41. The number of esters is 1. The van der Waals surface area contributed by atoms with Gasteiger partial charge in [-0.15, -0.1) is 0 Å². The van der Waals surface area contributed by atoms with Crippen molar-refractivity contribution in [2.24, 2.45) is 11.8 Å². The molecule has 0 unspecified atom stereocenters. The summed E-state index contributed by atoms with van der Waals surface area (Å²) < 4.78 is 18.9. The Morgan fingerprint density at radius 1 is 1.04 bits per heavy atom. The van der Waals surface area contributed by atoms with Crippen molar-refractivity contribution in [3.63, 3.8) is 0 Å². The second kappa shape index (κ2) is 14.8. The number of morpholine rings is 1. The number of likely N-dealkylation sites (tertiary alicyclic amines) is 1. The molecule has 13 heteroatoms. The van der Waals surface area contributed by atoms with Crippen molar-refractivity contribution in [1.29, 1.82) is 0 Å². The molecular formula is C35H45BrN4O8. The molecule has 1 aromatic carbocycles. The van der Waals surface area contributed by atoms with Crippen molar-refractivity contribution in [1.82, 2.24) is 20.0 Å². The van der Waals surface area contributed by atoms with Gasteiger partial charge >= 0.3 is 5.97 Å². The van der Waals surface area contributed by atoms with Crippen molar-refractivity contribution in [2.45, 2.75) is 69.0 Å². The predicted molar refractivity (Wildman–Crippen MR) is 178 cm³/mol. The average Bonchev–Trinajstić information content (AvgIpc) is 3.69. The number of nitrogens with zero attached hydrogens (tertiary/aromatic N) is 3. The number of nitrogens with one attached hydrogen (secondary N) is 1. The molecule has 5 bridgehead atoms. The lowest BCUT2D eigenvalue weighted by Gasteiger charge is -2.39. The third-order valence-electron chi connectivity index (χ3n) is 10.3. The van der Waals surface area contributed by atoms with Crippen molar-refractivity contribution < 1.29 is 38.5 Å². The maximum absolute atomic E-state index is 14.9. The van der Waals surface area contributed by atoms with Crippen molar-refractivity contribution in [3.8, 4) is 0 Å². The number of allylic oxidation sites excluding steroid dienone is 1. The van der Waals surface area contributed by atoms with Gasteiger partial charge in [-0.05, 0) is 31.4 Å². The molecule has 0 aromatic heterocycles. The number of halogens is 1. The van der Waals surface area contributed by atoms with Crippen LogP contribution in [0.2, 0.25) is 0 Å². The van der Waals surface area contributed by atoms with E-state index in [1.54, 1.807) is 17.9 Å². The molecule has 0 aliphatic carbocycles. The molecule has 3 amide bonds. The molecule has 48 heavy (non-hydrogen) atoms. The largest absolute Gasteiger partial charge is 0.455 e. The number of fused-ring (bicyclic) bond motifs is 2. The van der Waals surface area contributed by atoms with E-state index < -0.39 is 59.6 Å². The lowest BCUT2D eigenvalue weighted by Crippen LogP contribution is -2.59. The molecular weight excluding hydrogens is 684 g/mol. The Bertz CT molecular complexity index is 1430. The van der Waals surface area contributed by atoms with Crippen LogP contribution in [0.1, 0.15) is 44.8 Å². The number of cyclic esters (lactones) is 1. The molecule has 1 aromatic rings. The highest BCUT2D eigenvalue weighted by atomic mass is 79.9. The molecule has 0 radical (unpaired) electrons. The fourth-order valence-corrected chi connectivity index (χ4v) is 8.54. The third-order valence-corrected chi connectivity index (χ3v) is 11.0. The summed E-state index contributed by atoms with van der Waals surface area (Å²) in [5.41, 5.74) is -0.750. The standard InChI is InChI=1S/C35H45BrN4O8/c1-3-24(21-41)40-31-33(44)39(15-14-38-16-18-46-19-17-38)13-9-5-8-12-26(42)37-22(2)29(23-10-6-4-7-11-23)47-34(45)27-28(32(40)43)35(31)20-25(36)30(27)48-35/h4-7,9-11,20,22,24,27-31,41H,3,8,12-19,21H2,1-2H3,(H,37,42)/b9-5-/t22-,24-,27+,28-,29+,30+,31+,35-/m0/s1. The van der Waals surface area contributed by atoms with Gasteiger partial charge in [0.15, 0.2) is 0 Å². The number of rotatable bonds is 7. The van der Waals surface area contributed by atoms with Gasteiger partial charge in [0.05, 0.1) is 37.8 Å². The topological polar surface area (TPSA) is 138 Å². The number of amides is 3. The van der Waals surface area contributed by atoms with Gasteiger partial charge in [0.25, 0.3) is 0 Å². The Kier molecular flexibility index (Phi) is 10.7. The SMILES string of the molecule is CC[C@@H](CO)N1C(=O)[C@@H]2[C@H]3C(=O)O[C@@H](c4ccccc4)[C@H](C)NC(=O)CC/C=C\CN(CCN4CCOCC4)C(=O)[C@@H]1[C@]21C=C(Br)[C@H]3O1. The summed E-state index contributed by atoms with van der Waals surface area (Å²) in [6.07, 6.45) is 4.94. The first kappa shape index (κ1) is 34.8. The number of ether oxygens (including phenoxy) is 3. The van der Waals surface area contributed by atoms with Crippen molar-refractivity contribution >= 4 is 39.6 Å². The molecule has 5 aliphatic rings. The van der Waals surface area contributed by atoms with E-state index in [1.165, 1.54) is 4.90 Å². The molecule has 8 atom stereocenters. The van der Waals surface area contributed by atoms with Gasteiger partial charge in [0.2, 0.25) is 17.7 Å². The number of carbonyl (C=O) groups is 4. The van der Waals surface area contributed by atoms with Crippen LogP contribution in [0.4, 0.5) is 0 Å². The van der Waals surface area contributed by atoms with Gasteiger partial charge in [0.1, 0.15) is 29.8 Å². The highest BCUT2D eigenvalue weighted by Crippen LogP contribution is 2.59. The first-order chi connectivity index (χ1) is 23.2. The Morgan fingerprint density at radius 3 is 2.50 bits per heavy atom. The summed E-state index contributed by atoms with van der Waals surface area (Å²) in [6.45, 7) is 7.29. The number of hydrogen-bond acceptors (Lipinski definition) is 9. The van der Waals surface area contributed by atoms with E-state index >= 15 is 0 Å². The maximum atomic E-state index is 14.9. The van der Waals surface area contributed by atoms with E-state index in [2.05, 4.69) is 26.1 Å². The minimum absolute atomic E-state index is 0.193. The molecule has 5 heterocycles. The number of benzene rings is 1. The molecule has 2 N–H and O–H groups in total. The van der Waals surface area contributed by atoms with Gasteiger partial charge in [-0.25, -0.2) is 0 Å². The summed E-state index contributed by atoms with van der Waals surface area (Å²) >= 11 is 3.60. The molecule has 0 saturated carbocycles. The van der Waals surface area contributed by atoms with Crippen LogP contribution in [0.15, 0.2) is 53.0 Å². The van der Waals surface area contributed by atoms with Crippen LogP contribution in [0.25, 0.3) is 0 Å². The van der Waals surface area contributed by atoms with Crippen LogP contribution in [0, 0.1) is 11.8 Å².